The van der Waals surface area contributed by atoms with Crippen molar-refractivity contribution in [2.75, 3.05) is 5.32 Å². The number of nitrogens with one attached hydrogen (secondary N) is 1. The molecule has 0 saturated carbocycles. The number of rotatable bonds is 4. The van der Waals surface area contributed by atoms with Crippen LogP contribution in [0.1, 0.15) is 11.4 Å². The van der Waals surface area contributed by atoms with E-state index < -0.39 is 4.92 Å². The first-order valence-electron chi connectivity index (χ1n) is 7.82. The van der Waals surface area contributed by atoms with E-state index in [1.165, 1.54) is 12.3 Å². The summed E-state index contributed by atoms with van der Waals surface area (Å²) in [4.78, 5) is 19.4. The van der Waals surface area contributed by atoms with Gasteiger partial charge in [0.1, 0.15) is 5.65 Å². The van der Waals surface area contributed by atoms with Gasteiger partial charge in [0, 0.05) is 41.4 Å². The average molecular weight is 333 g/mol. The Morgan fingerprint density at radius 1 is 1.20 bits per heavy atom. The van der Waals surface area contributed by atoms with E-state index in [-0.39, 0.29) is 5.69 Å². The van der Waals surface area contributed by atoms with E-state index in [0.29, 0.717) is 11.9 Å². The molecule has 0 saturated heterocycles. The molecular weight excluding hydrogens is 318 g/mol. The molecule has 1 N–H and O–H groups in total. The lowest BCUT2D eigenvalue weighted by Gasteiger charge is -2.08. The van der Waals surface area contributed by atoms with Crippen LogP contribution in [-0.4, -0.2) is 19.3 Å². The van der Waals surface area contributed by atoms with Crippen LogP contribution in [0.4, 0.5) is 11.4 Å². The Bertz CT molecular complexity index is 1100. The molecule has 0 aliphatic heterocycles. The largest absolute Gasteiger partial charge is 0.379 e. The number of aromatic nitrogens is 3. The summed E-state index contributed by atoms with van der Waals surface area (Å²) < 4.78 is 2.04. The molecule has 0 amide bonds. The van der Waals surface area contributed by atoms with Crippen molar-refractivity contribution >= 4 is 27.8 Å². The maximum absolute atomic E-state index is 11.2. The number of fused-ring (bicyclic) bond motifs is 2. The van der Waals surface area contributed by atoms with Crippen LogP contribution in [0, 0.1) is 17.0 Å². The van der Waals surface area contributed by atoms with Gasteiger partial charge >= 0.3 is 0 Å². The predicted molar refractivity (Wildman–Crippen MR) is 95.7 cm³/mol. The summed E-state index contributed by atoms with van der Waals surface area (Å²) in [6, 6.07) is 11.0. The number of imidazole rings is 1. The average Bonchev–Trinajstić information content (AvgIpc) is 3.04. The number of aryl methyl sites for hydroxylation is 1. The highest BCUT2D eigenvalue weighted by Gasteiger charge is 2.14. The Balaban J connectivity index is 1.67. The summed E-state index contributed by atoms with van der Waals surface area (Å²) in [6.45, 7) is 2.55. The highest BCUT2D eigenvalue weighted by Crippen LogP contribution is 2.30. The Hall–Kier alpha value is -3.48. The molecule has 1 aromatic carbocycles. The van der Waals surface area contributed by atoms with Crippen LogP contribution in [0.3, 0.4) is 0 Å². The van der Waals surface area contributed by atoms with Gasteiger partial charge in [-0.1, -0.05) is 6.07 Å². The number of non-ortho nitro benzene ring substituents is 1. The SMILES string of the molecule is Cc1cccc2nc(CNc3ccc([N+](=O)[O-])c4cnccc34)cn12. The van der Waals surface area contributed by atoms with Crippen molar-refractivity contribution in [2.24, 2.45) is 0 Å². The van der Waals surface area contributed by atoms with E-state index in [1.807, 2.05) is 35.7 Å². The minimum absolute atomic E-state index is 0.0528. The van der Waals surface area contributed by atoms with E-state index in [9.17, 15) is 10.1 Å². The summed E-state index contributed by atoms with van der Waals surface area (Å²) in [5.41, 5.74) is 3.78. The summed E-state index contributed by atoms with van der Waals surface area (Å²) in [5.74, 6) is 0. The van der Waals surface area contributed by atoms with Gasteiger partial charge in [-0.15, -0.1) is 0 Å². The van der Waals surface area contributed by atoms with Crippen LogP contribution in [0.25, 0.3) is 16.4 Å². The lowest BCUT2D eigenvalue weighted by molar-refractivity contribution is -0.383. The van der Waals surface area contributed by atoms with Crippen molar-refractivity contribution in [1.29, 1.82) is 0 Å². The fraction of sp³-hybridized carbons (Fsp3) is 0.111. The predicted octanol–water partition coefficient (Wildman–Crippen LogP) is 3.71. The van der Waals surface area contributed by atoms with Gasteiger partial charge in [-0.2, -0.15) is 0 Å². The van der Waals surface area contributed by atoms with E-state index >= 15 is 0 Å². The molecule has 0 spiro atoms. The van der Waals surface area contributed by atoms with Gasteiger partial charge in [0.2, 0.25) is 0 Å². The topological polar surface area (TPSA) is 85.4 Å². The second-order valence-corrected chi connectivity index (χ2v) is 5.79. The molecule has 0 unspecified atom stereocenters. The number of nitro groups is 1. The quantitative estimate of drug-likeness (QED) is 0.454. The Morgan fingerprint density at radius 2 is 2.08 bits per heavy atom. The lowest BCUT2D eigenvalue weighted by Crippen LogP contribution is -2.01. The molecule has 7 heteroatoms. The molecule has 3 aromatic heterocycles. The third-order valence-electron chi connectivity index (χ3n) is 4.20. The molecule has 0 atom stereocenters. The molecule has 0 fully saturated rings. The van der Waals surface area contributed by atoms with Gasteiger partial charge in [0.05, 0.1) is 22.5 Å². The minimum atomic E-state index is -0.390. The third-order valence-corrected chi connectivity index (χ3v) is 4.20. The van der Waals surface area contributed by atoms with Crippen molar-refractivity contribution in [3.63, 3.8) is 0 Å². The molecular formula is C18H15N5O2. The second kappa shape index (κ2) is 5.86. The van der Waals surface area contributed by atoms with Crippen molar-refractivity contribution in [3.05, 3.63) is 76.5 Å². The normalized spacial score (nSPS) is 11.1. The van der Waals surface area contributed by atoms with Gasteiger partial charge in [0.25, 0.3) is 5.69 Å². The zero-order valence-corrected chi connectivity index (χ0v) is 13.5. The maximum atomic E-state index is 11.2. The first kappa shape index (κ1) is 15.1. The molecule has 0 aliphatic carbocycles. The molecule has 3 heterocycles. The number of nitro benzene ring substituents is 1. The van der Waals surface area contributed by atoms with E-state index in [4.69, 9.17) is 0 Å². The van der Waals surface area contributed by atoms with Crippen LogP contribution in [0.15, 0.2) is 55.0 Å². The van der Waals surface area contributed by atoms with Crippen molar-refractivity contribution in [3.8, 4) is 0 Å². The molecule has 25 heavy (non-hydrogen) atoms. The van der Waals surface area contributed by atoms with Crippen LogP contribution in [-0.2, 0) is 6.54 Å². The van der Waals surface area contributed by atoms with Gasteiger partial charge in [-0.25, -0.2) is 4.98 Å². The second-order valence-electron chi connectivity index (χ2n) is 5.79. The molecule has 0 aliphatic rings. The highest BCUT2D eigenvalue weighted by molar-refractivity contribution is 5.99. The lowest BCUT2D eigenvalue weighted by atomic mass is 10.1. The third kappa shape index (κ3) is 2.65. The first-order chi connectivity index (χ1) is 12.1. The summed E-state index contributed by atoms with van der Waals surface area (Å²) >= 11 is 0. The van der Waals surface area contributed by atoms with Crippen molar-refractivity contribution in [1.82, 2.24) is 14.4 Å². The van der Waals surface area contributed by atoms with E-state index in [0.717, 1.165) is 28.1 Å². The number of hydrogen-bond acceptors (Lipinski definition) is 5. The Kier molecular flexibility index (Phi) is 3.53. The Morgan fingerprint density at radius 3 is 2.88 bits per heavy atom. The van der Waals surface area contributed by atoms with Crippen molar-refractivity contribution < 1.29 is 4.92 Å². The van der Waals surface area contributed by atoms with Gasteiger partial charge in [0.15, 0.2) is 0 Å². The number of benzene rings is 1. The smallest absolute Gasteiger partial charge is 0.278 e. The number of nitrogens with zero attached hydrogens (tertiary/aromatic N) is 4. The summed E-state index contributed by atoms with van der Waals surface area (Å²) in [7, 11) is 0. The number of pyridine rings is 2. The van der Waals surface area contributed by atoms with E-state index in [1.54, 1.807) is 18.3 Å². The van der Waals surface area contributed by atoms with Crippen LogP contribution in [0.2, 0.25) is 0 Å². The van der Waals surface area contributed by atoms with Gasteiger partial charge in [-0.3, -0.25) is 15.1 Å². The molecule has 4 aromatic rings. The fourth-order valence-electron chi connectivity index (χ4n) is 2.96. The fourth-order valence-corrected chi connectivity index (χ4v) is 2.96. The van der Waals surface area contributed by atoms with Gasteiger partial charge < -0.3 is 9.72 Å². The Labute approximate surface area is 143 Å². The van der Waals surface area contributed by atoms with Crippen LogP contribution < -0.4 is 5.32 Å². The molecule has 0 radical (unpaired) electrons. The summed E-state index contributed by atoms with van der Waals surface area (Å²) in [6.07, 6.45) is 5.14. The number of anilines is 1. The molecule has 7 nitrogen and oxygen atoms in total. The molecule has 0 bridgehead atoms. The molecule has 4 rings (SSSR count). The zero-order chi connectivity index (χ0) is 17.4. The van der Waals surface area contributed by atoms with Crippen molar-refractivity contribution in [2.45, 2.75) is 13.5 Å². The molecule has 124 valence electrons. The highest BCUT2D eigenvalue weighted by atomic mass is 16.6. The number of hydrogen-bond donors (Lipinski definition) is 1. The summed E-state index contributed by atoms with van der Waals surface area (Å²) in [5, 5.41) is 15.8. The van der Waals surface area contributed by atoms with E-state index in [2.05, 4.69) is 15.3 Å². The van der Waals surface area contributed by atoms with Crippen LogP contribution in [0.5, 0.6) is 0 Å². The maximum Gasteiger partial charge on any atom is 0.278 e. The minimum Gasteiger partial charge on any atom is -0.379 e. The first-order valence-corrected chi connectivity index (χ1v) is 7.82. The monoisotopic (exact) mass is 333 g/mol. The standard InChI is InChI=1S/C18H15N5O2/c1-12-3-2-4-18-21-13(11-22(12)18)9-20-16-5-6-17(23(24)25)15-10-19-8-7-14(15)16/h2-8,10-11,20H,9H2,1H3. The van der Waals surface area contributed by atoms with Gasteiger partial charge in [-0.05, 0) is 31.2 Å². The zero-order valence-electron chi connectivity index (χ0n) is 13.5. The van der Waals surface area contributed by atoms with Crippen LogP contribution >= 0.6 is 0 Å².